The number of amides is 1. The van der Waals surface area contributed by atoms with Gasteiger partial charge in [0.2, 0.25) is 23.5 Å². The fourth-order valence-corrected chi connectivity index (χ4v) is 3.15. The van der Waals surface area contributed by atoms with E-state index < -0.39 is 0 Å². The number of hydrogen-bond donors (Lipinski definition) is 2. The van der Waals surface area contributed by atoms with E-state index in [0.29, 0.717) is 45.0 Å². The van der Waals surface area contributed by atoms with E-state index in [9.17, 15) is 4.79 Å². The molecule has 0 aliphatic carbocycles. The molecule has 3 rings (SSSR count). The van der Waals surface area contributed by atoms with Crippen molar-refractivity contribution in [3.8, 4) is 28.9 Å². The largest absolute Gasteiger partial charge is 0.493 e. The highest BCUT2D eigenvalue weighted by Crippen LogP contribution is 2.40. The Kier molecular flexibility index (Phi) is 7.72. The van der Waals surface area contributed by atoms with Crippen LogP contribution in [0.5, 0.6) is 28.9 Å². The molecule has 1 heterocycles. The van der Waals surface area contributed by atoms with Gasteiger partial charge in [0.25, 0.3) is 0 Å². The van der Waals surface area contributed by atoms with Crippen molar-refractivity contribution in [3.05, 3.63) is 52.6 Å². The number of rotatable bonds is 9. The highest BCUT2D eigenvalue weighted by Gasteiger charge is 2.16. The summed E-state index contributed by atoms with van der Waals surface area (Å²) in [4.78, 5) is 20.6. The van der Waals surface area contributed by atoms with Crippen molar-refractivity contribution in [2.75, 3.05) is 33.7 Å². The second-order valence-electron chi connectivity index (χ2n) is 6.45. The molecule has 0 aliphatic rings. The lowest BCUT2D eigenvalue weighted by Crippen LogP contribution is -2.20. The van der Waals surface area contributed by atoms with Gasteiger partial charge in [-0.25, -0.2) is 4.98 Å². The van der Waals surface area contributed by atoms with Crippen molar-refractivity contribution in [1.29, 1.82) is 0 Å². The molecular weight excluding hydrogens is 480 g/mol. The zero-order valence-electron chi connectivity index (χ0n) is 18.1. The van der Waals surface area contributed by atoms with Crippen LogP contribution in [0.15, 0.2) is 47.1 Å². The Morgan fingerprint density at radius 2 is 1.72 bits per heavy atom. The molecular formula is C22H23BrN4O5. The maximum Gasteiger partial charge on any atom is 0.238 e. The minimum absolute atomic E-state index is 0.118. The summed E-state index contributed by atoms with van der Waals surface area (Å²) < 4.78 is 22.7. The molecule has 0 radical (unpaired) electrons. The van der Waals surface area contributed by atoms with Crippen molar-refractivity contribution in [1.82, 2.24) is 15.3 Å². The first-order valence-electron chi connectivity index (χ1n) is 9.55. The van der Waals surface area contributed by atoms with Gasteiger partial charge in [0.05, 0.1) is 38.4 Å². The fourth-order valence-electron chi connectivity index (χ4n) is 2.88. The van der Waals surface area contributed by atoms with E-state index in [2.05, 4.69) is 36.5 Å². The Balaban J connectivity index is 1.89. The Morgan fingerprint density at radius 1 is 1.03 bits per heavy atom. The summed E-state index contributed by atoms with van der Waals surface area (Å²) in [6.45, 7) is 0. The summed E-state index contributed by atoms with van der Waals surface area (Å²) in [6.07, 6.45) is 1.76. The van der Waals surface area contributed by atoms with Crippen molar-refractivity contribution in [2.24, 2.45) is 0 Å². The van der Waals surface area contributed by atoms with Crippen LogP contribution < -0.4 is 29.6 Å². The number of para-hydroxylation sites is 1. The summed E-state index contributed by atoms with van der Waals surface area (Å²) in [6, 6.07) is 10.8. The topological polar surface area (TPSA) is 104 Å². The van der Waals surface area contributed by atoms with E-state index in [-0.39, 0.29) is 12.3 Å². The molecule has 1 amide bonds. The quantitative estimate of drug-likeness (QED) is 0.450. The first kappa shape index (κ1) is 23.1. The van der Waals surface area contributed by atoms with Gasteiger partial charge in [-0.2, -0.15) is 4.98 Å². The van der Waals surface area contributed by atoms with E-state index in [1.807, 2.05) is 18.2 Å². The minimum Gasteiger partial charge on any atom is -0.493 e. The van der Waals surface area contributed by atoms with Crippen molar-refractivity contribution in [3.63, 3.8) is 0 Å². The maximum absolute atomic E-state index is 11.8. The maximum atomic E-state index is 11.8. The van der Waals surface area contributed by atoms with Crippen LogP contribution in [0.1, 0.15) is 5.56 Å². The number of methoxy groups -OCH3 is 3. The standard InChI is InChI=1S/C22H23BrN4O5/c1-24-19(28)9-13-7-5-6-8-16(13)32-21-15(23)12-25-22(27-21)26-14-10-17(29-2)20(31-4)18(11-14)30-3/h5-8,10-12H,9H2,1-4H3,(H,24,28)(H,25,26,27). The monoisotopic (exact) mass is 502 g/mol. The van der Waals surface area contributed by atoms with Gasteiger partial charge in [0.1, 0.15) is 5.75 Å². The van der Waals surface area contributed by atoms with Gasteiger partial charge in [-0.1, -0.05) is 18.2 Å². The summed E-state index contributed by atoms with van der Waals surface area (Å²) in [5.41, 5.74) is 1.37. The lowest BCUT2D eigenvalue weighted by molar-refractivity contribution is -0.119. The normalized spacial score (nSPS) is 10.3. The van der Waals surface area contributed by atoms with Gasteiger partial charge in [-0.15, -0.1) is 0 Å². The molecule has 0 aliphatic heterocycles. The van der Waals surface area contributed by atoms with Gasteiger partial charge in [-0.05, 0) is 22.0 Å². The molecule has 0 spiro atoms. The first-order valence-corrected chi connectivity index (χ1v) is 10.3. The van der Waals surface area contributed by atoms with Crippen LogP contribution >= 0.6 is 15.9 Å². The van der Waals surface area contributed by atoms with Crippen LogP contribution in [0.4, 0.5) is 11.6 Å². The number of carbonyl (C=O) groups excluding carboxylic acids is 1. The van der Waals surface area contributed by atoms with Crippen LogP contribution in [0.3, 0.4) is 0 Å². The summed E-state index contributed by atoms with van der Waals surface area (Å²) in [7, 11) is 6.21. The van der Waals surface area contributed by atoms with Crippen LogP contribution in [-0.4, -0.2) is 44.3 Å². The predicted molar refractivity (Wildman–Crippen MR) is 123 cm³/mol. The molecule has 9 nitrogen and oxygen atoms in total. The molecule has 32 heavy (non-hydrogen) atoms. The van der Waals surface area contributed by atoms with Gasteiger partial charge >= 0.3 is 0 Å². The van der Waals surface area contributed by atoms with Crippen molar-refractivity contribution < 1.29 is 23.7 Å². The zero-order valence-corrected chi connectivity index (χ0v) is 19.6. The highest BCUT2D eigenvalue weighted by molar-refractivity contribution is 9.10. The molecule has 0 saturated carbocycles. The second-order valence-corrected chi connectivity index (χ2v) is 7.30. The lowest BCUT2D eigenvalue weighted by Gasteiger charge is -2.15. The number of anilines is 2. The van der Waals surface area contributed by atoms with Crippen LogP contribution in [0.2, 0.25) is 0 Å². The molecule has 2 aromatic carbocycles. The van der Waals surface area contributed by atoms with Crippen LogP contribution in [-0.2, 0) is 11.2 Å². The van der Waals surface area contributed by atoms with Gasteiger partial charge < -0.3 is 29.6 Å². The Morgan fingerprint density at radius 3 is 2.34 bits per heavy atom. The third-order valence-corrected chi connectivity index (χ3v) is 4.99. The van der Waals surface area contributed by atoms with Gasteiger partial charge in [0, 0.05) is 30.4 Å². The highest BCUT2D eigenvalue weighted by atomic mass is 79.9. The molecule has 3 aromatic rings. The molecule has 168 valence electrons. The molecule has 0 unspecified atom stereocenters. The molecule has 0 saturated heterocycles. The fraction of sp³-hybridized carbons (Fsp3) is 0.227. The molecule has 1 aromatic heterocycles. The zero-order chi connectivity index (χ0) is 23.1. The number of likely N-dealkylation sites (N-methyl/N-ethyl adjacent to an activating group) is 1. The molecule has 0 fully saturated rings. The van der Waals surface area contributed by atoms with Crippen molar-refractivity contribution >= 4 is 33.5 Å². The van der Waals surface area contributed by atoms with E-state index in [1.54, 1.807) is 45.7 Å². The van der Waals surface area contributed by atoms with Crippen molar-refractivity contribution in [2.45, 2.75) is 6.42 Å². The Labute approximate surface area is 194 Å². The smallest absolute Gasteiger partial charge is 0.238 e. The average molecular weight is 503 g/mol. The van der Waals surface area contributed by atoms with E-state index in [0.717, 1.165) is 5.56 Å². The van der Waals surface area contributed by atoms with Gasteiger partial charge in [-0.3, -0.25) is 4.79 Å². The number of halogens is 1. The number of ether oxygens (including phenoxy) is 4. The lowest BCUT2D eigenvalue weighted by atomic mass is 10.1. The predicted octanol–water partition coefficient (Wildman–Crippen LogP) is 4.09. The summed E-state index contributed by atoms with van der Waals surface area (Å²) in [5.74, 6) is 2.45. The molecule has 0 bridgehead atoms. The summed E-state index contributed by atoms with van der Waals surface area (Å²) >= 11 is 3.41. The molecule has 0 atom stereocenters. The SMILES string of the molecule is CNC(=O)Cc1ccccc1Oc1nc(Nc2cc(OC)c(OC)c(OC)c2)ncc1Br. The number of nitrogens with zero attached hydrogens (tertiary/aromatic N) is 2. The number of benzene rings is 2. The third-order valence-electron chi connectivity index (χ3n) is 4.44. The van der Waals surface area contributed by atoms with E-state index >= 15 is 0 Å². The van der Waals surface area contributed by atoms with Gasteiger partial charge in [0.15, 0.2) is 11.5 Å². The Bertz CT molecular complexity index is 1080. The van der Waals surface area contributed by atoms with Crippen LogP contribution in [0, 0.1) is 0 Å². The minimum atomic E-state index is -0.118. The number of nitrogens with one attached hydrogen (secondary N) is 2. The first-order chi connectivity index (χ1) is 15.5. The summed E-state index contributed by atoms with van der Waals surface area (Å²) in [5, 5.41) is 5.72. The molecule has 2 N–H and O–H groups in total. The third kappa shape index (κ3) is 5.38. The second kappa shape index (κ2) is 10.7. The number of carbonyl (C=O) groups is 1. The Hall–Kier alpha value is -3.53. The number of aromatic nitrogens is 2. The number of hydrogen-bond acceptors (Lipinski definition) is 8. The van der Waals surface area contributed by atoms with Crippen LogP contribution in [0.25, 0.3) is 0 Å². The van der Waals surface area contributed by atoms with E-state index in [4.69, 9.17) is 18.9 Å². The molecule has 10 heteroatoms. The average Bonchev–Trinajstić information content (AvgIpc) is 2.81. The van der Waals surface area contributed by atoms with E-state index in [1.165, 1.54) is 7.11 Å².